The van der Waals surface area contributed by atoms with E-state index in [0.717, 1.165) is 5.56 Å². The number of methoxy groups -OCH3 is 1. The van der Waals surface area contributed by atoms with Crippen LogP contribution in [0.5, 0.6) is 0 Å². The Morgan fingerprint density at radius 1 is 1.18 bits per heavy atom. The van der Waals surface area contributed by atoms with Crippen LogP contribution < -0.4 is 0 Å². The Hall–Kier alpha value is -1.35. The fourth-order valence-corrected chi connectivity index (χ4v) is 1.67. The average Bonchev–Trinajstić information content (AvgIpc) is 2.35. The number of esters is 1. The van der Waals surface area contributed by atoms with E-state index in [-0.39, 0.29) is 24.6 Å². The molecule has 0 atom stereocenters. The maximum atomic E-state index is 11.5. The molecular weight excluding hydrogens is 240 g/mol. The minimum atomic E-state index is -0.351. The van der Waals surface area contributed by atoms with Crippen LogP contribution in [-0.4, -0.2) is 18.9 Å². The number of carbonyl (C=O) groups is 2. The number of rotatable bonds is 6. The number of halogens is 1. The van der Waals surface area contributed by atoms with Crippen molar-refractivity contribution < 1.29 is 14.3 Å². The largest absolute Gasteiger partial charge is 0.469 e. The van der Waals surface area contributed by atoms with E-state index in [1.807, 2.05) is 18.2 Å². The summed E-state index contributed by atoms with van der Waals surface area (Å²) in [6.45, 7) is 0. The summed E-state index contributed by atoms with van der Waals surface area (Å²) >= 11 is 5.97. The lowest BCUT2D eigenvalue weighted by Crippen LogP contribution is -2.06. The first-order valence-electron chi connectivity index (χ1n) is 5.45. The van der Waals surface area contributed by atoms with Crippen molar-refractivity contribution in [2.75, 3.05) is 7.11 Å². The predicted octanol–water partition coefficient (Wildman–Crippen LogP) is 2.79. The van der Waals surface area contributed by atoms with Crippen molar-refractivity contribution in [2.24, 2.45) is 0 Å². The van der Waals surface area contributed by atoms with E-state index in [2.05, 4.69) is 4.74 Å². The van der Waals surface area contributed by atoms with Crippen molar-refractivity contribution in [3.63, 3.8) is 0 Å². The van der Waals surface area contributed by atoms with Crippen molar-refractivity contribution in [1.29, 1.82) is 0 Å². The zero-order chi connectivity index (χ0) is 12.7. The Morgan fingerprint density at radius 3 is 2.53 bits per heavy atom. The third-order valence-corrected chi connectivity index (χ3v) is 2.84. The average molecular weight is 255 g/mol. The number of benzene rings is 1. The van der Waals surface area contributed by atoms with Crippen LogP contribution in [0.25, 0.3) is 0 Å². The van der Waals surface area contributed by atoms with E-state index in [0.29, 0.717) is 17.9 Å². The Kier molecular flexibility index (Phi) is 5.70. The highest BCUT2D eigenvalue weighted by molar-refractivity contribution is 6.31. The maximum Gasteiger partial charge on any atom is 0.305 e. The van der Waals surface area contributed by atoms with Crippen LogP contribution in [0.3, 0.4) is 0 Å². The van der Waals surface area contributed by atoms with Gasteiger partial charge in [0, 0.05) is 17.9 Å². The maximum absolute atomic E-state index is 11.5. The first kappa shape index (κ1) is 13.7. The molecule has 0 radical (unpaired) electrons. The van der Waals surface area contributed by atoms with Crippen LogP contribution in [0.1, 0.15) is 24.8 Å². The topological polar surface area (TPSA) is 43.4 Å². The van der Waals surface area contributed by atoms with Crippen LogP contribution in [0.4, 0.5) is 0 Å². The van der Waals surface area contributed by atoms with Gasteiger partial charge in [-0.05, 0) is 18.1 Å². The molecular formula is C13H15ClO3. The molecule has 17 heavy (non-hydrogen) atoms. The summed E-state index contributed by atoms with van der Waals surface area (Å²) in [5.41, 5.74) is 0.959. The Labute approximate surface area is 106 Å². The van der Waals surface area contributed by atoms with Gasteiger partial charge in [-0.25, -0.2) is 0 Å². The van der Waals surface area contributed by atoms with Gasteiger partial charge >= 0.3 is 5.97 Å². The molecule has 0 spiro atoms. The van der Waals surface area contributed by atoms with Crippen LogP contribution in [-0.2, 0) is 20.7 Å². The molecule has 0 saturated heterocycles. The normalized spacial score (nSPS) is 10.0. The van der Waals surface area contributed by atoms with Gasteiger partial charge in [-0.3, -0.25) is 9.59 Å². The minimum absolute atomic E-state index is 0.0512. The van der Waals surface area contributed by atoms with Crippen LogP contribution in [0.2, 0.25) is 5.02 Å². The van der Waals surface area contributed by atoms with E-state index in [1.54, 1.807) is 6.07 Å². The third-order valence-electron chi connectivity index (χ3n) is 2.47. The van der Waals surface area contributed by atoms with Gasteiger partial charge in [0.1, 0.15) is 5.78 Å². The van der Waals surface area contributed by atoms with E-state index >= 15 is 0 Å². The van der Waals surface area contributed by atoms with Gasteiger partial charge in [-0.2, -0.15) is 0 Å². The fraction of sp³-hybridized carbons (Fsp3) is 0.385. The first-order chi connectivity index (χ1) is 8.13. The molecule has 0 heterocycles. The van der Waals surface area contributed by atoms with Crippen LogP contribution >= 0.6 is 11.6 Å². The smallest absolute Gasteiger partial charge is 0.305 e. The molecule has 0 unspecified atom stereocenters. The number of hydrogen-bond donors (Lipinski definition) is 0. The zero-order valence-electron chi connectivity index (χ0n) is 9.74. The summed E-state index contributed by atoms with van der Waals surface area (Å²) in [4.78, 5) is 22.3. The molecule has 0 amide bonds. The summed E-state index contributed by atoms with van der Waals surface area (Å²) < 4.78 is 4.47. The van der Waals surface area contributed by atoms with Gasteiger partial charge in [-0.15, -0.1) is 0 Å². The van der Waals surface area contributed by atoms with E-state index < -0.39 is 0 Å². The number of aryl methyl sites for hydroxylation is 1. The highest BCUT2D eigenvalue weighted by atomic mass is 35.5. The zero-order valence-corrected chi connectivity index (χ0v) is 10.5. The van der Waals surface area contributed by atoms with Crippen LogP contribution in [0.15, 0.2) is 24.3 Å². The molecule has 4 heteroatoms. The molecule has 0 aliphatic rings. The van der Waals surface area contributed by atoms with Gasteiger partial charge < -0.3 is 4.74 Å². The highest BCUT2D eigenvalue weighted by Gasteiger charge is 2.08. The van der Waals surface area contributed by atoms with Crippen molar-refractivity contribution in [3.05, 3.63) is 34.9 Å². The second-order valence-corrected chi connectivity index (χ2v) is 4.11. The summed E-state index contributed by atoms with van der Waals surface area (Å²) in [6, 6.07) is 7.44. The second-order valence-electron chi connectivity index (χ2n) is 3.71. The van der Waals surface area contributed by atoms with Gasteiger partial charge in [-0.1, -0.05) is 29.8 Å². The number of ether oxygens (including phenoxy) is 1. The molecule has 1 aromatic carbocycles. The molecule has 3 nitrogen and oxygen atoms in total. The Bertz CT molecular complexity index is 401. The molecule has 1 aromatic rings. The molecule has 0 aromatic heterocycles. The molecule has 1 rings (SSSR count). The quantitative estimate of drug-likeness (QED) is 0.733. The van der Waals surface area contributed by atoms with E-state index in [4.69, 9.17) is 11.6 Å². The van der Waals surface area contributed by atoms with Crippen molar-refractivity contribution in [1.82, 2.24) is 0 Å². The van der Waals surface area contributed by atoms with E-state index in [9.17, 15) is 9.59 Å². The fourth-order valence-electron chi connectivity index (χ4n) is 1.44. The van der Waals surface area contributed by atoms with Crippen molar-refractivity contribution in [2.45, 2.75) is 25.7 Å². The molecule has 92 valence electrons. The van der Waals surface area contributed by atoms with Crippen molar-refractivity contribution in [3.8, 4) is 0 Å². The minimum Gasteiger partial charge on any atom is -0.469 e. The summed E-state index contributed by atoms with van der Waals surface area (Å²) in [5, 5.41) is 0.674. The molecule has 0 aliphatic carbocycles. The molecule has 0 fully saturated rings. The standard InChI is InChI=1S/C13H15ClO3/c1-17-13(16)9-8-11(15)7-6-10-4-2-3-5-12(10)14/h2-5H,6-9H2,1H3. The molecule has 0 aliphatic heterocycles. The van der Waals surface area contributed by atoms with Gasteiger partial charge in [0.05, 0.1) is 13.5 Å². The molecule has 0 N–H and O–H groups in total. The summed E-state index contributed by atoms with van der Waals surface area (Å²) in [5.74, 6) is -0.300. The third kappa shape index (κ3) is 5.00. The SMILES string of the molecule is COC(=O)CCC(=O)CCc1ccccc1Cl. The highest BCUT2D eigenvalue weighted by Crippen LogP contribution is 2.17. The number of carbonyl (C=O) groups excluding carboxylic acids is 2. The molecule has 0 saturated carbocycles. The summed E-state index contributed by atoms with van der Waals surface area (Å²) in [7, 11) is 1.32. The number of hydrogen-bond acceptors (Lipinski definition) is 3. The van der Waals surface area contributed by atoms with Crippen molar-refractivity contribution >= 4 is 23.4 Å². The van der Waals surface area contributed by atoms with Gasteiger partial charge in [0.25, 0.3) is 0 Å². The number of Topliss-reactive ketones (excluding diaryl/α,β-unsaturated/α-hetero) is 1. The lowest BCUT2D eigenvalue weighted by molar-refractivity contribution is -0.141. The van der Waals surface area contributed by atoms with E-state index in [1.165, 1.54) is 7.11 Å². The monoisotopic (exact) mass is 254 g/mol. The lowest BCUT2D eigenvalue weighted by Gasteiger charge is -2.03. The first-order valence-corrected chi connectivity index (χ1v) is 5.83. The predicted molar refractivity (Wildman–Crippen MR) is 66.0 cm³/mol. The lowest BCUT2D eigenvalue weighted by atomic mass is 10.1. The Balaban J connectivity index is 2.34. The number of ketones is 1. The van der Waals surface area contributed by atoms with Crippen LogP contribution in [0, 0.1) is 0 Å². The van der Waals surface area contributed by atoms with Gasteiger partial charge in [0.2, 0.25) is 0 Å². The summed E-state index contributed by atoms with van der Waals surface area (Å²) in [6.07, 6.45) is 1.40. The molecule has 0 bridgehead atoms. The second kappa shape index (κ2) is 7.07. The van der Waals surface area contributed by atoms with Gasteiger partial charge in [0.15, 0.2) is 0 Å². The Morgan fingerprint density at radius 2 is 1.88 bits per heavy atom.